The number of hydrogen-bond acceptors (Lipinski definition) is 8. The molecule has 2 unspecified atom stereocenters. The van der Waals surface area contributed by atoms with Crippen LogP contribution in [-0.4, -0.2) is 48.5 Å². The number of nitrogens with zero attached hydrogens (tertiary/aromatic N) is 4. The topological polar surface area (TPSA) is 152 Å². The number of rotatable bonds is 9. The molecule has 1 amide bonds. The van der Waals surface area contributed by atoms with Crippen molar-refractivity contribution in [3.05, 3.63) is 89.6 Å². The lowest BCUT2D eigenvalue weighted by atomic mass is 9.75. The third-order valence-electron chi connectivity index (χ3n) is 6.93. The standard InChI is InChI=1S/C29H30N6O4/c1-18(37)28-31-12-13-35(28)25(17-36)11-4-19-2-5-20(6-3-19)21-7-9-22(10-8-21)23-14-24(15-23)32-16-26-33-29(27(30)38)39-34-26/h2-3,5-10,12-13,18,23-25,32,36-37H,14-17H2,1H3,(H2,30,38). The van der Waals surface area contributed by atoms with Crippen molar-refractivity contribution in [1.29, 1.82) is 0 Å². The second kappa shape index (κ2) is 11.6. The summed E-state index contributed by atoms with van der Waals surface area (Å²) in [5.41, 5.74) is 9.51. The molecule has 0 bridgehead atoms. The van der Waals surface area contributed by atoms with Crippen molar-refractivity contribution in [2.75, 3.05) is 6.61 Å². The van der Waals surface area contributed by atoms with Gasteiger partial charge in [-0.25, -0.2) is 4.98 Å². The van der Waals surface area contributed by atoms with Gasteiger partial charge in [0.1, 0.15) is 18.0 Å². The molecule has 10 nitrogen and oxygen atoms in total. The average molecular weight is 527 g/mol. The summed E-state index contributed by atoms with van der Waals surface area (Å²) in [7, 11) is 0. The Balaban J connectivity index is 1.14. The van der Waals surface area contributed by atoms with E-state index in [1.54, 1.807) is 23.9 Å². The van der Waals surface area contributed by atoms with Gasteiger partial charge in [0.15, 0.2) is 5.82 Å². The second-order valence-corrected chi connectivity index (χ2v) is 9.66. The molecule has 200 valence electrons. The molecule has 2 aromatic carbocycles. The lowest BCUT2D eigenvalue weighted by Crippen LogP contribution is -2.39. The number of aromatic nitrogens is 4. The van der Waals surface area contributed by atoms with Gasteiger partial charge in [-0.3, -0.25) is 4.79 Å². The van der Waals surface area contributed by atoms with E-state index in [9.17, 15) is 15.0 Å². The SMILES string of the molecule is CC(O)c1nccn1C(C#Cc1ccc(-c2ccc(C3CC(NCc4noc(C(N)=O)n4)C3)cc2)cc1)CO. The van der Waals surface area contributed by atoms with Crippen molar-refractivity contribution in [1.82, 2.24) is 25.0 Å². The summed E-state index contributed by atoms with van der Waals surface area (Å²) in [4.78, 5) is 19.2. The number of aliphatic hydroxyl groups excluding tert-OH is 2. The van der Waals surface area contributed by atoms with E-state index >= 15 is 0 Å². The molecule has 1 aliphatic carbocycles. The van der Waals surface area contributed by atoms with Gasteiger partial charge in [-0.2, -0.15) is 4.98 Å². The zero-order valence-electron chi connectivity index (χ0n) is 21.5. The Bertz CT molecular complexity index is 1470. The van der Waals surface area contributed by atoms with Gasteiger partial charge < -0.3 is 30.4 Å². The van der Waals surface area contributed by atoms with Crippen LogP contribution in [-0.2, 0) is 6.54 Å². The molecule has 0 radical (unpaired) electrons. The summed E-state index contributed by atoms with van der Waals surface area (Å²) in [5, 5.41) is 26.8. The molecule has 4 aromatic rings. The molecular weight excluding hydrogens is 496 g/mol. The fraction of sp³-hybridized carbons (Fsp3) is 0.310. The van der Waals surface area contributed by atoms with Crippen LogP contribution in [0.4, 0.5) is 0 Å². The molecule has 10 heteroatoms. The molecule has 5 rings (SSSR count). The average Bonchev–Trinajstić information content (AvgIpc) is 3.60. The Morgan fingerprint density at radius 1 is 1.18 bits per heavy atom. The van der Waals surface area contributed by atoms with E-state index in [-0.39, 0.29) is 12.5 Å². The van der Waals surface area contributed by atoms with Gasteiger partial charge in [0.2, 0.25) is 0 Å². The number of benzene rings is 2. The predicted molar refractivity (Wildman–Crippen MR) is 143 cm³/mol. The van der Waals surface area contributed by atoms with Crippen LogP contribution in [0.2, 0.25) is 0 Å². The quantitative estimate of drug-likeness (QED) is 0.243. The first-order chi connectivity index (χ1) is 18.9. The van der Waals surface area contributed by atoms with E-state index in [4.69, 9.17) is 10.3 Å². The number of nitrogens with one attached hydrogen (secondary N) is 1. The predicted octanol–water partition coefficient (Wildman–Crippen LogP) is 2.71. The fourth-order valence-electron chi connectivity index (χ4n) is 4.69. The number of hydrogen-bond donors (Lipinski definition) is 4. The first-order valence-electron chi connectivity index (χ1n) is 12.8. The van der Waals surface area contributed by atoms with Gasteiger partial charge >= 0.3 is 11.8 Å². The molecule has 0 aliphatic heterocycles. The summed E-state index contributed by atoms with van der Waals surface area (Å²) in [6.07, 6.45) is 4.59. The first kappa shape index (κ1) is 26.3. The molecule has 1 saturated carbocycles. The van der Waals surface area contributed by atoms with Crippen LogP contribution in [0, 0.1) is 11.8 Å². The maximum Gasteiger partial charge on any atom is 0.315 e. The third-order valence-corrected chi connectivity index (χ3v) is 6.93. The van der Waals surface area contributed by atoms with Gasteiger partial charge in [0, 0.05) is 24.0 Å². The van der Waals surface area contributed by atoms with Crippen LogP contribution in [0.3, 0.4) is 0 Å². The van der Waals surface area contributed by atoms with Crippen LogP contribution in [0.15, 0.2) is 65.4 Å². The maximum atomic E-state index is 11.1. The van der Waals surface area contributed by atoms with E-state index in [1.165, 1.54) is 5.56 Å². The molecule has 1 aliphatic rings. The molecule has 2 aromatic heterocycles. The van der Waals surface area contributed by atoms with Crippen molar-refractivity contribution in [3.63, 3.8) is 0 Å². The highest BCUT2D eigenvalue weighted by Crippen LogP contribution is 2.37. The monoisotopic (exact) mass is 526 g/mol. The maximum absolute atomic E-state index is 11.1. The Morgan fingerprint density at radius 2 is 1.87 bits per heavy atom. The number of amides is 1. The highest BCUT2D eigenvalue weighted by Gasteiger charge is 2.30. The third kappa shape index (κ3) is 6.07. The van der Waals surface area contributed by atoms with Crippen molar-refractivity contribution in [2.24, 2.45) is 5.73 Å². The Labute approximate surface area is 225 Å². The molecule has 5 N–H and O–H groups in total. The van der Waals surface area contributed by atoms with Gasteiger partial charge in [0.05, 0.1) is 13.2 Å². The molecule has 2 atom stereocenters. The van der Waals surface area contributed by atoms with Crippen LogP contribution in [0.5, 0.6) is 0 Å². The largest absolute Gasteiger partial charge is 0.393 e. The summed E-state index contributed by atoms with van der Waals surface area (Å²) in [5.74, 6) is 6.68. The second-order valence-electron chi connectivity index (χ2n) is 9.66. The van der Waals surface area contributed by atoms with Gasteiger partial charge in [-0.15, -0.1) is 0 Å². The lowest BCUT2D eigenvalue weighted by molar-refractivity contribution is 0.0958. The number of imidazole rings is 1. The molecule has 2 heterocycles. The first-order valence-corrected chi connectivity index (χ1v) is 12.8. The molecule has 0 saturated heterocycles. The summed E-state index contributed by atoms with van der Waals surface area (Å²) in [6.45, 7) is 1.89. The lowest BCUT2D eigenvalue weighted by Gasteiger charge is -2.36. The normalized spacial score (nSPS) is 18.0. The van der Waals surface area contributed by atoms with E-state index in [0.717, 1.165) is 29.5 Å². The minimum atomic E-state index is -0.744. The summed E-state index contributed by atoms with van der Waals surface area (Å²) >= 11 is 0. The van der Waals surface area contributed by atoms with E-state index in [0.29, 0.717) is 30.2 Å². The highest BCUT2D eigenvalue weighted by molar-refractivity contribution is 5.87. The Kier molecular flexibility index (Phi) is 7.84. The molecule has 0 spiro atoms. The number of carbonyl (C=O) groups excluding carboxylic acids is 1. The van der Waals surface area contributed by atoms with E-state index in [1.807, 2.05) is 24.3 Å². The van der Waals surface area contributed by atoms with Crippen molar-refractivity contribution >= 4 is 5.91 Å². The summed E-state index contributed by atoms with van der Waals surface area (Å²) < 4.78 is 6.50. The summed E-state index contributed by atoms with van der Waals surface area (Å²) in [6, 6.07) is 16.5. The van der Waals surface area contributed by atoms with Gasteiger partial charge in [0.25, 0.3) is 0 Å². The fourth-order valence-corrected chi connectivity index (χ4v) is 4.69. The number of primary amides is 1. The minimum Gasteiger partial charge on any atom is -0.393 e. The highest BCUT2D eigenvalue weighted by atomic mass is 16.5. The van der Waals surface area contributed by atoms with E-state index in [2.05, 4.69) is 56.5 Å². The number of nitrogens with two attached hydrogens (primary N) is 1. The van der Waals surface area contributed by atoms with Crippen molar-refractivity contribution in [2.45, 2.75) is 50.4 Å². The van der Waals surface area contributed by atoms with E-state index < -0.39 is 18.1 Å². The smallest absolute Gasteiger partial charge is 0.315 e. The Hall–Kier alpha value is -4.30. The van der Waals surface area contributed by atoms with Crippen molar-refractivity contribution < 1.29 is 19.5 Å². The number of aliphatic hydroxyl groups is 2. The molecule has 1 fully saturated rings. The zero-order valence-corrected chi connectivity index (χ0v) is 21.5. The van der Waals surface area contributed by atoms with Crippen LogP contribution in [0.1, 0.15) is 71.3 Å². The van der Waals surface area contributed by atoms with Crippen LogP contribution >= 0.6 is 0 Å². The Morgan fingerprint density at radius 3 is 2.49 bits per heavy atom. The van der Waals surface area contributed by atoms with Crippen LogP contribution < -0.4 is 11.1 Å². The van der Waals surface area contributed by atoms with Crippen molar-refractivity contribution in [3.8, 4) is 23.0 Å². The molecular formula is C29H30N6O4. The van der Waals surface area contributed by atoms with Gasteiger partial charge in [-0.1, -0.05) is 53.4 Å². The van der Waals surface area contributed by atoms with Crippen LogP contribution in [0.25, 0.3) is 11.1 Å². The molecule has 39 heavy (non-hydrogen) atoms. The van der Waals surface area contributed by atoms with Gasteiger partial charge in [-0.05, 0) is 54.5 Å². The minimum absolute atomic E-state index is 0.172. The zero-order chi connectivity index (χ0) is 27.4. The number of carbonyl (C=O) groups is 1.